The molecule has 0 spiro atoms. The molecule has 5 heterocycles. The van der Waals surface area contributed by atoms with Crippen molar-refractivity contribution in [3.8, 4) is 17.2 Å². The second-order valence-corrected chi connectivity index (χ2v) is 30.8. The monoisotopic (exact) mass is 1350 g/mol. The number of amides is 4. The molecule has 1 saturated heterocycles. The Morgan fingerprint density at radius 2 is 1.39 bits per heavy atom. The van der Waals surface area contributed by atoms with Crippen LogP contribution in [-0.4, -0.2) is 186 Å². The summed E-state index contributed by atoms with van der Waals surface area (Å²) in [6.07, 6.45) is 3.39. The number of Topliss-reactive ketones (excluding diaryl/α,β-unsaturated/α-hetero) is 1. The third-order valence-corrected chi connectivity index (χ3v) is 23.7. The maximum Gasteiger partial charge on any atom is 0.277 e. The van der Waals surface area contributed by atoms with Gasteiger partial charge >= 0.3 is 0 Å². The van der Waals surface area contributed by atoms with Crippen molar-refractivity contribution < 1.29 is 65.0 Å². The van der Waals surface area contributed by atoms with Crippen LogP contribution in [-0.2, 0) is 82.0 Å². The minimum absolute atomic E-state index is 0.00534. The summed E-state index contributed by atoms with van der Waals surface area (Å²) in [6.45, 7) is 11.7. The first-order chi connectivity index (χ1) is 44.8. The first-order valence-electron chi connectivity index (χ1n) is 31.6. The van der Waals surface area contributed by atoms with Gasteiger partial charge in [-0.25, -0.2) is 0 Å². The summed E-state index contributed by atoms with van der Waals surface area (Å²) in [6, 6.07) is 30.4. The lowest BCUT2D eigenvalue weighted by Crippen LogP contribution is -2.47. The first-order valence-corrected chi connectivity index (χ1v) is 36.7. The van der Waals surface area contributed by atoms with E-state index < -0.39 is 31.1 Å². The van der Waals surface area contributed by atoms with E-state index in [9.17, 15) is 32.4 Å². The van der Waals surface area contributed by atoms with Crippen LogP contribution in [0.5, 0.6) is 17.2 Å². The van der Waals surface area contributed by atoms with E-state index >= 15 is 0 Å². The highest BCUT2D eigenvalue weighted by atomic mass is 33.1. The van der Waals surface area contributed by atoms with Gasteiger partial charge in [0.1, 0.15) is 24.2 Å². The number of carbonyl (C=O) groups is 5. The van der Waals surface area contributed by atoms with Crippen LogP contribution in [0.4, 0.5) is 17.1 Å². The fourth-order valence-electron chi connectivity index (χ4n) is 12.8. The van der Waals surface area contributed by atoms with Crippen LogP contribution in [0.25, 0.3) is 0 Å². The number of nitrogens with one attached hydrogen (secondary N) is 1. The van der Waals surface area contributed by atoms with Crippen LogP contribution < -0.4 is 29.3 Å². The van der Waals surface area contributed by atoms with E-state index in [1.165, 1.54) is 38.6 Å². The Balaban J connectivity index is 0.900. The Labute approximate surface area is 558 Å². The maximum atomic E-state index is 14.5. The number of hydrogen-bond donors (Lipinski definition) is 1. The standard InChI is InChI=1S/C69H86N6O14S4/c1-45-28-55-57(70-38-53-32-48-14-9-11-16-50(48)39-74(53)66(55)78)35-60(45)88-42-46-29-47(43-89-62-36-58-56(34-61(62)84-6)67(79)75-40-51-17-12-10-15-49(51)33-54(75)41-71(58)4)31-52(30-46)72(21-22-86-25-26-87-24-23-83-5)44-69(2,3)92-91-27-19-64(93(81,82)85-7)59(76)18-13-20-73-65(77)37-63(90-8)68(73)80/h9-12,14-17,28-31,34-36,53-54,63-64,70H,13,18-27,32-33,37-44H2,1-8H3/t53-,54-,63?,64?/m0/s1. The van der Waals surface area contributed by atoms with E-state index in [2.05, 4.69) is 77.5 Å². The molecule has 5 aliphatic rings. The highest BCUT2D eigenvalue weighted by molar-refractivity contribution is 8.77. The van der Waals surface area contributed by atoms with Gasteiger partial charge in [-0.15, -0.1) is 0 Å². The average molecular weight is 1350 g/mol. The van der Waals surface area contributed by atoms with Gasteiger partial charge in [0.05, 0.1) is 87.1 Å². The molecule has 1 N–H and O–H groups in total. The molecular weight excluding hydrogens is 1270 g/mol. The van der Waals surface area contributed by atoms with E-state index in [0.717, 1.165) is 64.8 Å². The summed E-state index contributed by atoms with van der Waals surface area (Å²) in [7, 11) is 5.03. The number of imide groups is 1. The van der Waals surface area contributed by atoms with Gasteiger partial charge in [-0.2, -0.15) is 20.2 Å². The molecule has 4 amide bonds. The predicted octanol–water partition coefficient (Wildman–Crippen LogP) is 9.39. The molecule has 4 atom stereocenters. The molecule has 93 heavy (non-hydrogen) atoms. The van der Waals surface area contributed by atoms with Crippen molar-refractivity contribution in [3.63, 3.8) is 0 Å². The Kier molecular flexibility index (Phi) is 23.4. The van der Waals surface area contributed by atoms with Gasteiger partial charge in [-0.05, 0) is 122 Å². The molecule has 500 valence electrons. The molecule has 5 aromatic rings. The number of likely N-dealkylation sites (tertiary alicyclic amines) is 1. The third kappa shape index (κ3) is 16.8. The summed E-state index contributed by atoms with van der Waals surface area (Å²) >= 11 is 1.31. The summed E-state index contributed by atoms with van der Waals surface area (Å²) in [5, 5.41) is 1.72. The smallest absolute Gasteiger partial charge is 0.277 e. The van der Waals surface area contributed by atoms with Gasteiger partial charge in [-0.1, -0.05) is 70.1 Å². The molecule has 5 aliphatic heterocycles. The Morgan fingerprint density at radius 1 is 0.753 bits per heavy atom. The van der Waals surface area contributed by atoms with E-state index in [4.69, 9.17) is 32.6 Å². The summed E-state index contributed by atoms with van der Waals surface area (Å²) in [4.78, 5) is 77.3. The number of carbonyl (C=O) groups excluding carboxylic acids is 5. The van der Waals surface area contributed by atoms with Crippen LogP contribution in [0.1, 0.15) is 99.2 Å². The number of ketones is 1. The van der Waals surface area contributed by atoms with Crippen molar-refractivity contribution in [2.45, 2.75) is 113 Å². The van der Waals surface area contributed by atoms with Crippen molar-refractivity contribution >= 4 is 89.9 Å². The van der Waals surface area contributed by atoms with Crippen molar-refractivity contribution in [3.05, 3.63) is 141 Å². The van der Waals surface area contributed by atoms with Gasteiger partial charge in [0, 0.05) is 101 Å². The minimum Gasteiger partial charge on any atom is -0.493 e. The molecule has 5 aromatic carbocycles. The summed E-state index contributed by atoms with van der Waals surface area (Å²) in [5.41, 5.74) is 10.8. The molecule has 2 unspecified atom stereocenters. The van der Waals surface area contributed by atoms with Gasteiger partial charge < -0.3 is 53.3 Å². The lowest BCUT2D eigenvalue weighted by molar-refractivity contribution is -0.138. The Hall–Kier alpha value is -6.51. The number of fused-ring (bicyclic) bond motifs is 6. The number of anilines is 3. The van der Waals surface area contributed by atoms with Crippen molar-refractivity contribution in [1.29, 1.82) is 0 Å². The van der Waals surface area contributed by atoms with Crippen molar-refractivity contribution in [2.24, 2.45) is 0 Å². The Bertz CT molecular complexity index is 3650. The van der Waals surface area contributed by atoms with Gasteiger partial charge in [0.2, 0.25) is 11.8 Å². The molecule has 0 bridgehead atoms. The molecule has 24 heteroatoms. The zero-order chi connectivity index (χ0) is 66.0. The van der Waals surface area contributed by atoms with Crippen molar-refractivity contribution in [1.82, 2.24) is 14.7 Å². The lowest BCUT2D eigenvalue weighted by atomic mass is 9.93. The highest BCUT2D eigenvalue weighted by Gasteiger charge is 2.40. The van der Waals surface area contributed by atoms with Crippen LogP contribution in [0.3, 0.4) is 0 Å². The van der Waals surface area contributed by atoms with Crippen LogP contribution in [0.15, 0.2) is 91.0 Å². The normalized spacial score (nSPS) is 18.1. The molecule has 20 nitrogen and oxygen atoms in total. The van der Waals surface area contributed by atoms with Crippen molar-refractivity contribution in [2.75, 3.05) is 121 Å². The average Bonchev–Trinajstić information content (AvgIpc) is 1.71. The minimum atomic E-state index is -4.26. The number of methoxy groups -OCH3 is 2. The van der Waals surface area contributed by atoms with E-state index in [0.29, 0.717) is 106 Å². The van der Waals surface area contributed by atoms with Crippen LogP contribution >= 0.6 is 33.3 Å². The fraction of sp³-hybridized carbons (Fsp3) is 0.493. The molecule has 10 rings (SSSR count). The zero-order valence-corrected chi connectivity index (χ0v) is 57.7. The van der Waals surface area contributed by atoms with E-state index in [-0.39, 0.29) is 81.2 Å². The molecule has 0 saturated carbocycles. The number of thioether (sulfide) groups is 1. The third-order valence-electron chi connectivity index (χ3n) is 17.8. The second-order valence-electron chi connectivity index (χ2n) is 24.8. The molecule has 0 radical (unpaired) electrons. The number of benzene rings is 5. The lowest BCUT2D eigenvalue weighted by Gasteiger charge is -2.36. The van der Waals surface area contributed by atoms with Crippen LogP contribution in [0.2, 0.25) is 0 Å². The summed E-state index contributed by atoms with van der Waals surface area (Å²) in [5.74, 6) is 0.632. The number of nitrogens with zero attached hydrogens (tertiary/aromatic N) is 5. The summed E-state index contributed by atoms with van der Waals surface area (Å²) < 4.78 is 67.6. The molecular formula is C69H86N6O14S4. The van der Waals surface area contributed by atoms with Crippen LogP contribution in [0, 0.1) is 6.92 Å². The Morgan fingerprint density at radius 3 is 2.04 bits per heavy atom. The first kappa shape index (κ1) is 69.3. The van der Waals surface area contributed by atoms with Gasteiger partial charge in [0.25, 0.3) is 21.9 Å². The quantitative estimate of drug-likeness (QED) is 0.0184. The maximum absolute atomic E-state index is 14.5. The SMILES string of the molecule is COCCOCCOCCN(CC(C)(C)SSCCC(C(=O)CCCN1C(=O)CC(SC)C1=O)S(=O)(=O)OC)c1cc(COc2cc3c(cc2C)C(=O)N2Cc4ccccc4C[C@H]2CN3)cc(COc2cc3c(cc2OC)C(=O)N2Cc4ccccc4C[C@H]2CN3C)c1. The number of rotatable bonds is 32. The molecule has 1 fully saturated rings. The zero-order valence-electron chi connectivity index (χ0n) is 54.4. The predicted molar refractivity (Wildman–Crippen MR) is 366 cm³/mol. The second kappa shape index (κ2) is 31.4. The molecule has 0 aromatic heterocycles. The van der Waals surface area contributed by atoms with Gasteiger partial charge in [0.15, 0.2) is 17.3 Å². The topological polar surface area (TPSA) is 212 Å². The highest BCUT2D eigenvalue weighted by Crippen LogP contribution is 2.42. The number of ether oxygens (including phenoxy) is 6. The largest absolute Gasteiger partial charge is 0.493 e. The van der Waals surface area contributed by atoms with E-state index in [1.807, 2.05) is 60.2 Å². The van der Waals surface area contributed by atoms with E-state index in [1.54, 1.807) is 37.3 Å². The number of hydrogen-bond acceptors (Lipinski definition) is 20. The molecule has 0 aliphatic carbocycles. The fourth-order valence-corrected chi connectivity index (χ4v) is 17.3. The number of likely N-dealkylation sites (N-methyl/N-ethyl adjacent to an activating group) is 1. The van der Waals surface area contributed by atoms with Gasteiger partial charge in [-0.3, -0.25) is 33.1 Å². The number of aryl methyl sites for hydroxylation is 1.